The van der Waals surface area contributed by atoms with Crippen molar-refractivity contribution in [1.82, 2.24) is 0 Å². The van der Waals surface area contributed by atoms with Crippen LogP contribution in [0.3, 0.4) is 0 Å². The van der Waals surface area contributed by atoms with Crippen LogP contribution in [0.5, 0.6) is 0 Å². The number of unbranched alkanes of at least 4 members (excludes halogenated alkanes) is 3. The van der Waals surface area contributed by atoms with E-state index in [1.54, 1.807) is 0 Å². The van der Waals surface area contributed by atoms with E-state index in [0.717, 1.165) is 6.92 Å². The molecule has 0 aliphatic carbocycles. The fraction of sp³-hybridized carbons (Fsp3) is 0.269. The van der Waals surface area contributed by atoms with Crippen molar-refractivity contribution >= 4 is 16.9 Å². The fourth-order valence-corrected chi connectivity index (χ4v) is 5.15. The highest BCUT2D eigenvalue weighted by atomic mass is 32.2. The van der Waals surface area contributed by atoms with Crippen molar-refractivity contribution in [2.75, 3.05) is 0 Å². The van der Waals surface area contributed by atoms with Crippen LogP contribution in [0, 0.1) is 0 Å². The maximum atomic E-state index is 8.89. The molecule has 3 aromatic rings. The molecular formula is C26H30O2S. The first kappa shape index (κ1) is 22.8. The summed E-state index contributed by atoms with van der Waals surface area (Å²) < 4.78 is 0. The summed E-state index contributed by atoms with van der Waals surface area (Å²) in [6.45, 7) is 3.24. The fourth-order valence-electron chi connectivity index (χ4n) is 3.07. The predicted octanol–water partition coefficient (Wildman–Crippen LogP) is 5.66. The number of aliphatic carboxylic acids is 1. The van der Waals surface area contributed by atoms with Gasteiger partial charge >= 0.3 is 0 Å². The Kier molecular flexibility index (Phi) is 10.1. The maximum Gasteiger partial charge on any atom is 0.166 e. The van der Waals surface area contributed by atoms with E-state index in [0.29, 0.717) is 0 Å². The first-order chi connectivity index (χ1) is 14.1. The molecule has 0 radical (unpaired) electrons. The summed E-state index contributed by atoms with van der Waals surface area (Å²) in [7, 11) is -0.0317. The number of benzene rings is 3. The summed E-state index contributed by atoms with van der Waals surface area (Å²) in [5, 5.41) is 8.89. The van der Waals surface area contributed by atoms with E-state index in [1.165, 1.54) is 52.4 Å². The topological polar surface area (TPSA) is 40.1 Å². The minimum absolute atomic E-state index is 0.0317. The highest BCUT2D eigenvalue weighted by Crippen LogP contribution is 2.31. The normalized spacial score (nSPS) is 10.3. The standard InChI is InChI=1S/C24H27S.C2H4O2/c1-2-3-4-7-12-21-17-19-24(20-18-21)25(22-13-8-5-9-14-22)23-15-10-6-11-16-23;1-2(3)4/h5-6,8-11,13-20H,2-4,7,12H2,1H3;1H3,(H,3,4)/q+1;/p-1. The molecule has 0 amide bonds. The molecule has 0 heterocycles. The second-order valence-electron chi connectivity index (χ2n) is 6.88. The van der Waals surface area contributed by atoms with Gasteiger partial charge in [-0.2, -0.15) is 0 Å². The molecule has 152 valence electrons. The van der Waals surface area contributed by atoms with Gasteiger partial charge in [0.05, 0.1) is 10.9 Å². The van der Waals surface area contributed by atoms with E-state index >= 15 is 0 Å². The van der Waals surface area contributed by atoms with Gasteiger partial charge in [0.25, 0.3) is 0 Å². The van der Waals surface area contributed by atoms with E-state index in [-0.39, 0.29) is 10.9 Å². The second-order valence-corrected chi connectivity index (χ2v) is 8.91. The summed E-state index contributed by atoms with van der Waals surface area (Å²) in [5.74, 6) is -1.08. The van der Waals surface area contributed by atoms with Crippen LogP contribution in [0.4, 0.5) is 0 Å². The number of hydrogen-bond acceptors (Lipinski definition) is 2. The van der Waals surface area contributed by atoms with Gasteiger partial charge in [-0.1, -0.05) is 74.7 Å². The number of carboxylic acid groups (broad SMARTS) is 1. The first-order valence-electron chi connectivity index (χ1n) is 10.2. The molecular weight excluding hydrogens is 376 g/mol. The van der Waals surface area contributed by atoms with Gasteiger partial charge in [0.2, 0.25) is 0 Å². The van der Waals surface area contributed by atoms with Crippen molar-refractivity contribution in [3.8, 4) is 0 Å². The molecule has 0 saturated heterocycles. The molecule has 0 aliphatic rings. The molecule has 0 aliphatic heterocycles. The lowest BCUT2D eigenvalue weighted by Gasteiger charge is -2.08. The Hall–Kier alpha value is -2.52. The smallest absolute Gasteiger partial charge is 0.166 e. The van der Waals surface area contributed by atoms with Crippen molar-refractivity contribution in [2.45, 2.75) is 60.6 Å². The van der Waals surface area contributed by atoms with Gasteiger partial charge in [0.1, 0.15) is 0 Å². The van der Waals surface area contributed by atoms with Gasteiger partial charge in [-0.15, -0.1) is 0 Å². The summed E-state index contributed by atoms with van der Waals surface area (Å²) in [4.78, 5) is 13.0. The average Bonchev–Trinajstić information content (AvgIpc) is 2.74. The lowest BCUT2D eigenvalue weighted by molar-refractivity contribution is -0.302. The molecule has 0 atom stereocenters. The van der Waals surface area contributed by atoms with Crippen LogP contribution in [0.25, 0.3) is 0 Å². The summed E-state index contributed by atoms with van der Waals surface area (Å²) >= 11 is 0. The van der Waals surface area contributed by atoms with Gasteiger partial charge in [0, 0.05) is 5.97 Å². The van der Waals surface area contributed by atoms with Crippen molar-refractivity contribution in [1.29, 1.82) is 0 Å². The van der Waals surface area contributed by atoms with Gasteiger partial charge in [-0.3, -0.25) is 0 Å². The van der Waals surface area contributed by atoms with E-state index in [4.69, 9.17) is 9.90 Å². The van der Waals surface area contributed by atoms with Crippen molar-refractivity contribution in [3.05, 3.63) is 90.5 Å². The molecule has 0 unspecified atom stereocenters. The summed E-state index contributed by atoms with van der Waals surface area (Å²) in [5.41, 5.74) is 1.46. The van der Waals surface area contributed by atoms with Crippen LogP contribution < -0.4 is 5.11 Å². The van der Waals surface area contributed by atoms with Crippen molar-refractivity contribution < 1.29 is 9.90 Å². The average molecular weight is 407 g/mol. The number of aryl methyl sites for hydroxylation is 1. The molecule has 0 aromatic heterocycles. The molecule has 29 heavy (non-hydrogen) atoms. The van der Waals surface area contributed by atoms with Crippen LogP contribution in [-0.2, 0) is 22.1 Å². The third kappa shape index (κ3) is 8.16. The number of hydrogen-bond donors (Lipinski definition) is 0. The van der Waals surface area contributed by atoms with Crippen LogP contribution in [0.2, 0.25) is 0 Å². The molecule has 0 bridgehead atoms. The molecule has 3 aromatic carbocycles. The Balaban J connectivity index is 0.000000687. The lowest BCUT2D eigenvalue weighted by atomic mass is 10.1. The van der Waals surface area contributed by atoms with E-state index < -0.39 is 5.97 Å². The predicted molar refractivity (Wildman–Crippen MR) is 120 cm³/mol. The number of rotatable bonds is 8. The summed E-state index contributed by atoms with van der Waals surface area (Å²) in [6.07, 6.45) is 6.50. The Morgan fingerprint density at radius 2 is 1.17 bits per heavy atom. The molecule has 3 heteroatoms. The van der Waals surface area contributed by atoms with Gasteiger partial charge in [0.15, 0.2) is 14.7 Å². The maximum absolute atomic E-state index is 8.89. The zero-order chi connectivity index (χ0) is 20.9. The zero-order valence-corrected chi connectivity index (χ0v) is 18.2. The third-order valence-corrected chi connectivity index (χ3v) is 6.67. The monoisotopic (exact) mass is 406 g/mol. The molecule has 0 fully saturated rings. The van der Waals surface area contributed by atoms with Crippen molar-refractivity contribution in [3.63, 3.8) is 0 Å². The minimum Gasteiger partial charge on any atom is -0.550 e. The van der Waals surface area contributed by atoms with Gasteiger partial charge in [-0.05, 0) is 61.7 Å². The third-order valence-electron chi connectivity index (χ3n) is 4.44. The van der Waals surface area contributed by atoms with Crippen LogP contribution in [0.15, 0.2) is 99.6 Å². The molecule has 0 N–H and O–H groups in total. The molecule has 0 spiro atoms. The quantitative estimate of drug-likeness (QED) is 0.358. The number of carbonyl (C=O) groups excluding carboxylic acids is 1. The van der Waals surface area contributed by atoms with Crippen LogP contribution >= 0.6 is 0 Å². The molecule has 3 rings (SSSR count). The Bertz CT molecular complexity index is 786. The Labute approximate surface area is 178 Å². The van der Waals surface area contributed by atoms with E-state index in [1.807, 2.05) is 0 Å². The van der Waals surface area contributed by atoms with Crippen molar-refractivity contribution in [2.24, 2.45) is 0 Å². The largest absolute Gasteiger partial charge is 0.550 e. The number of carbonyl (C=O) groups is 1. The highest BCUT2D eigenvalue weighted by molar-refractivity contribution is 7.97. The van der Waals surface area contributed by atoms with E-state index in [2.05, 4.69) is 91.9 Å². The molecule has 2 nitrogen and oxygen atoms in total. The Morgan fingerprint density at radius 3 is 1.62 bits per heavy atom. The minimum atomic E-state index is -1.08. The van der Waals surface area contributed by atoms with Crippen LogP contribution in [0.1, 0.15) is 45.1 Å². The molecule has 0 saturated carbocycles. The van der Waals surface area contributed by atoms with Crippen LogP contribution in [-0.4, -0.2) is 5.97 Å². The summed E-state index contributed by atoms with van der Waals surface area (Å²) in [6, 6.07) is 31.0. The Morgan fingerprint density at radius 1 is 0.724 bits per heavy atom. The SMILES string of the molecule is CC(=O)[O-].CCCCCCc1ccc([S+](c2ccccc2)c2ccccc2)cc1. The first-order valence-corrected chi connectivity index (χ1v) is 11.4. The zero-order valence-electron chi connectivity index (χ0n) is 17.3. The second kappa shape index (κ2) is 12.8. The number of carboxylic acids is 1. The lowest BCUT2D eigenvalue weighted by Crippen LogP contribution is -2.16. The van der Waals surface area contributed by atoms with E-state index in [9.17, 15) is 0 Å². The van der Waals surface area contributed by atoms with Gasteiger partial charge in [-0.25, -0.2) is 0 Å². The van der Waals surface area contributed by atoms with Gasteiger partial charge < -0.3 is 9.90 Å². The highest BCUT2D eigenvalue weighted by Gasteiger charge is 2.27.